The maximum atomic E-state index is 5.80. The summed E-state index contributed by atoms with van der Waals surface area (Å²) in [7, 11) is 1.90. The molecule has 0 aliphatic rings. The van der Waals surface area contributed by atoms with Crippen LogP contribution in [-0.4, -0.2) is 20.1 Å². The van der Waals surface area contributed by atoms with Crippen LogP contribution in [0.2, 0.25) is 0 Å². The van der Waals surface area contributed by atoms with Gasteiger partial charge in [-0.25, -0.2) is 4.63 Å². The molecule has 3 rings (SSSR count). The molecule has 3 N–H and O–H groups in total. The third-order valence-corrected chi connectivity index (χ3v) is 3.03. The number of anilines is 2. The van der Waals surface area contributed by atoms with Crippen LogP contribution in [0.3, 0.4) is 0 Å². The Morgan fingerprint density at radius 2 is 2.11 bits per heavy atom. The summed E-state index contributed by atoms with van der Waals surface area (Å²) in [4.78, 5) is 0. The molecule has 0 saturated heterocycles. The molecule has 3 aromatic rings. The highest BCUT2D eigenvalue weighted by Crippen LogP contribution is 2.25. The fourth-order valence-electron chi connectivity index (χ4n) is 2.04. The number of hydrogen-bond donors (Lipinski definition) is 2. The van der Waals surface area contributed by atoms with Crippen LogP contribution in [-0.2, 0) is 13.6 Å². The van der Waals surface area contributed by atoms with Gasteiger partial charge in [-0.2, -0.15) is 5.10 Å². The summed E-state index contributed by atoms with van der Waals surface area (Å²) >= 11 is 0. The van der Waals surface area contributed by atoms with Gasteiger partial charge < -0.3 is 11.1 Å². The third kappa shape index (κ3) is 1.99. The number of nitrogens with one attached hydrogen (secondary N) is 1. The predicted octanol–water partition coefficient (Wildman–Crippen LogP) is 1.46. The highest BCUT2D eigenvalue weighted by atomic mass is 16.6. The molecule has 7 nitrogen and oxygen atoms in total. The molecule has 0 spiro atoms. The summed E-state index contributed by atoms with van der Waals surface area (Å²) in [5.74, 6) is 0. The van der Waals surface area contributed by atoms with Crippen LogP contribution in [0.5, 0.6) is 0 Å². The number of nitrogens with two attached hydrogens (primary N) is 1. The topological polar surface area (TPSA) is 94.8 Å². The van der Waals surface area contributed by atoms with E-state index in [0.29, 0.717) is 23.3 Å². The summed E-state index contributed by atoms with van der Waals surface area (Å²) in [5, 5.41) is 15.3. The van der Waals surface area contributed by atoms with Crippen molar-refractivity contribution in [2.75, 3.05) is 11.1 Å². The lowest BCUT2D eigenvalue weighted by Crippen LogP contribution is -2.01. The van der Waals surface area contributed by atoms with Gasteiger partial charge in [0.15, 0.2) is 11.0 Å². The number of rotatable bonds is 3. The van der Waals surface area contributed by atoms with Gasteiger partial charge in [-0.05, 0) is 29.4 Å². The van der Waals surface area contributed by atoms with E-state index in [-0.39, 0.29) is 0 Å². The minimum atomic E-state index is 0.555. The molecule has 0 atom stereocenters. The van der Waals surface area contributed by atoms with E-state index in [0.717, 1.165) is 16.9 Å². The van der Waals surface area contributed by atoms with Crippen molar-refractivity contribution < 1.29 is 4.63 Å². The number of aromatic nitrogens is 4. The van der Waals surface area contributed by atoms with E-state index in [2.05, 4.69) is 20.7 Å². The van der Waals surface area contributed by atoms with Crippen molar-refractivity contribution in [1.29, 1.82) is 0 Å². The smallest absolute Gasteiger partial charge is 0.160 e. The molecule has 0 saturated carbocycles. The lowest BCUT2D eigenvalue weighted by molar-refractivity contribution is 0.316. The molecule has 7 heteroatoms. The van der Waals surface area contributed by atoms with Gasteiger partial charge in [-0.3, -0.25) is 4.68 Å². The molecular formula is C12H14N6O. The Morgan fingerprint density at radius 3 is 2.84 bits per heavy atom. The first kappa shape index (κ1) is 11.5. The lowest BCUT2D eigenvalue weighted by atomic mass is 10.2. The van der Waals surface area contributed by atoms with E-state index in [4.69, 9.17) is 10.4 Å². The second kappa shape index (κ2) is 4.27. The first-order chi connectivity index (χ1) is 9.15. The number of fused-ring (bicyclic) bond motifs is 1. The maximum absolute atomic E-state index is 5.80. The number of aryl methyl sites for hydroxylation is 2. The molecule has 0 unspecified atom stereocenters. The fourth-order valence-corrected chi connectivity index (χ4v) is 2.04. The molecule has 98 valence electrons. The molecule has 0 aliphatic carbocycles. The van der Waals surface area contributed by atoms with Crippen molar-refractivity contribution in [2.24, 2.45) is 7.05 Å². The molecule has 19 heavy (non-hydrogen) atoms. The molecular weight excluding hydrogens is 244 g/mol. The van der Waals surface area contributed by atoms with Gasteiger partial charge in [0.1, 0.15) is 0 Å². The molecule has 2 heterocycles. The first-order valence-electron chi connectivity index (χ1n) is 5.89. The van der Waals surface area contributed by atoms with E-state index in [9.17, 15) is 0 Å². The van der Waals surface area contributed by atoms with E-state index >= 15 is 0 Å². The standard InChI is InChI=1S/C12H14N6O/c1-7-8(6-18(2)15-7)5-14-10-4-3-9(13)11-12(10)17-19-16-11/h3-4,6,14H,5,13H2,1-2H3. The second-order valence-corrected chi connectivity index (χ2v) is 4.43. The average molecular weight is 258 g/mol. The van der Waals surface area contributed by atoms with Gasteiger partial charge in [-0.1, -0.05) is 0 Å². The summed E-state index contributed by atoms with van der Waals surface area (Å²) in [5.41, 5.74) is 10.5. The normalized spacial score (nSPS) is 11.1. The van der Waals surface area contributed by atoms with Gasteiger partial charge in [0, 0.05) is 25.4 Å². The largest absolute Gasteiger partial charge is 0.397 e. The highest BCUT2D eigenvalue weighted by Gasteiger charge is 2.10. The Kier molecular flexibility index (Phi) is 2.59. The van der Waals surface area contributed by atoms with Crippen molar-refractivity contribution >= 4 is 22.4 Å². The Bertz CT molecular complexity index is 729. The van der Waals surface area contributed by atoms with Crippen LogP contribution in [0, 0.1) is 6.92 Å². The van der Waals surface area contributed by atoms with Gasteiger partial charge in [0.25, 0.3) is 0 Å². The number of nitrogens with zero attached hydrogens (tertiary/aromatic N) is 4. The van der Waals surface area contributed by atoms with Crippen LogP contribution in [0.4, 0.5) is 11.4 Å². The number of hydrogen-bond acceptors (Lipinski definition) is 6. The van der Waals surface area contributed by atoms with Gasteiger partial charge >= 0.3 is 0 Å². The third-order valence-electron chi connectivity index (χ3n) is 3.03. The minimum Gasteiger partial charge on any atom is -0.397 e. The molecule has 0 amide bonds. The maximum Gasteiger partial charge on any atom is 0.160 e. The highest BCUT2D eigenvalue weighted by molar-refractivity contribution is 5.94. The van der Waals surface area contributed by atoms with Crippen LogP contribution in [0.25, 0.3) is 11.0 Å². The molecule has 0 radical (unpaired) electrons. The van der Waals surface area contributed by atoms with E-state index < -0.39 is 0 Å². The van der Waals surface area contributed by atoms with E-state index in [1.54, 1.807) is 10.7 Å². The summed E-state index contributed by atoms with van der Waals surface area (Å²) in [6, 6.07) is 3.65. The van der Waals surface area contributed by atoms with Crippen LogP contribution >= 0.6 is 0 Å². The van der Waals surface area contributed by atoms with Gasteiger partial charge in [0.05, 0.1) is 17.1 Å². The van der Waals surface area contributed by atoms with Crippen molar-refractivity contribution in [3.63, 3.8) is 0 Å². The monoisotopic (exact) mass is 258 g/mol. The van der Waals surface area contributed by atoms with Gasteiger partial charge in [-0.15, -0.1) is 0 Å². The van der Waals surface area contributed by atoms with Crippen LogP contribution < -0.4 is 11.1 Å². The van der Waals surface area contributed by atoms with Crippen LogP contribution in [0.15, 0.2) is 23.0 Å². The molecule has 0 bridgehead atoms. The van der Waals surface area contributed by atoms with E-state index in [1.807, 2.05) is 26.2 Å². The van der Waals surface area contributed by atoms with Crippen LogP contribution in [0.1, 0.15) is 11.3 Å². The Morgan fingerprint density at radius 1 is 1.32 bits per heavy atom. The first-order valence-corrected chi connectivity index (χ1v) is 5.89. The summed E-state index contributed by atoms with van der Waals surface area (Å²) < 4.78 is 6.52. The Balaban J connectivity index is 1.88. The average Bonchev–Trinajstić information content (AvgIpc) is 2.96. The molecule has 2 aromatic heterocycles. The molecule has 0 aliphatic heterocycles. The van der Waals surface area contributed by atoms with Crippen molar-refractivity contribution in [3.05, 3.63) is 29.6 Å². The molecule has 1 aromatic carbocycles. The van der Waals surface area contributed by atoms with Gasteiger partial charge in [0.2, 0.25) is 0 Å². The lowest BCUT2D eigenvalue weighted by Gasteiger charge is -2.06. The SMILES string of the molecule is Cc1nn(C)cc1CNc1ccc(N)c2nonc12. The fraction of sp³-hybridized carbons (Fsp3) is 0.250. The predicted molar refractivity (Wildman–Crippen MR) is 71.5 cm³/mol. The van der Waals surface area contributed by atoms with Crippen molar-refractivity contribution in [3.8, 4) is 0 Å². The molecule has 0 fully saturated rings. The van der Waals surface area contributed by atoms with Crippen molar-refractivity contribution in [2.45, 2.75) is 13.5 Å². The van der Waals surface area contributed by atoms with E-state index in [1.165, 1.54) is 0 Å². The zero-order valence-corrected chi connectivity index (χ0v) is 10.7. The summed E-state index contributed by atoms with van der Waals surface area (Å²) in [6.45, 7) is 2.64. The second-order valence-electron chi connectivity index (χ2n) is 4.43. The quantitative estimate of drug-likeness (QED) is 0.690. The number of nitrogen functional groups attached to an aromatic ring is 1. The van der Waals surface area contributed by atoms with Crippen molar-refractivity contribution in [1.82, 2.24) is 20.1 Å². The Hall–Kier alpha value is -2.57. The Labute approximate surface area is 109 Å². The number of benzene rings is 1. The minimum absolute atomic E-state index is 0.555. The zero-order chi connectivity index (χ0) is 13.4. The zero-order valence-electron chi connectivity index (χ0n) is 10.7. The summed E-state index contributed by atoms with van der Waals surface area (Å²) in [6.07, 6.45) is 1.98.